The summed E-state index contributed by atoms with van der Waals surface area (Å²) in [6, 6.07) is 0. The molecule has 0 radical (unpaired) electrons. The highest BCUT2D eigenvalue weighted by Crippen LogP contribution is 2.37. The maximum atomic E-state index is 5.55. The SMILES string of the molecule is CNCCCNCCC1(OC)CCC1. The van der Waals surface area contributed by atoms with E-state index in [0.717, 1.165) is 19.6 Å². The van der Waals surface area contributed by atoms with Crippen molar-refractivity contribution in [2.45, 2.75) is 37.7 Å². The van der Waals surface area contributed by atoms with Crippen LogP contribution in [-0.4, -0.2) is 39.4 Å². The fraction of sp³-hybridized carbons (Fsp3) is 1.00. The molecule has 1 saturated carbocycles. The minimum Gasteiger partial charge on any atom is -0.378 e. The van der Waals surface area contributed by atoms with Crippen LogP contribution in [0.25, 0.3) is 0 Å². The number of rotatable bonds is 8. The van der Waals surface area contributed by atoms with Gasteiger partial charge in [0.2, 0.25) is 0 Å². The molecule has 1 aliphatic rings. The standard InChI is InChI=1S/C11H24N2O/c1-12-8-4-9-13-10-7-11(14-2)5-3-6-11/h12-13H,3-10H2,1-2H3. The van der Waals surface area contributed by atoms with Gasteiger partial charge in [0.05, 0.1) is 5.60 Å². The second kappa shape index (κ2) is 6.38. The lowest BCUT2D eigenvalue weighted by atomic mass is 9.77. The summed E-state index contributed by atoms with van der Waals surface area (Å²) in [4.78, 5) is 0. The first-order valence-electron chi connectivity index (χ1n) is 5.73. The van der Waals surface area contributed by atoms with Gasteiger partial charge in [-0.2, -0.15) is 0 Å². The van der Waals surface area contributed by atoms with E-state index in [9.17, 15) is 0 Å². The lowest BCUT2D eigenvalue weighted by Gasteiger charge is -2.40. The molecule has 2 N–H and O–H groups in total. The van der Waals surface area contributed by atoms with Gasteiger partial charge in [0, 0.05) is 7.11 Å². The summed E-state index contributed by atoms with van der Waals surface area (Å²) in [5.74, 6) is 0. The normalized spacial score (nSPS) is 19.3. The van der Waals surface area contributed by atoms with Crippen molar-refractivity contribution >= 4 is 0 Å². The largest absolute Gasteiger partial charge is 0.378 e. The summed E-state index contributed by atoms with van der Waals surface area (Å²) in [7, 11) is 3.84. The van der Waals surface area contributed by atoms with Crippen LogP contribution in [0.2, 0.25) is 0 Å². The molecule has 0 atom stereocenters. The number of methoxy groups -OCH3 is 1. The van der Waals surface area contributed by atoms with Crippen LogP contribution in [0.4, 0.5) is 0 Å². The van der Waals surface area contributed by atoms with Crippen LogP contribution in [-0.2, 0) is 4.74 Å². The molecule has 0 aromatic heterocycles. The molecule has 1 fully saturated rings. The Morgan fingerprint density at radius 3 is 2.50 bits per heavy atom. The second-order valence-electron chi connectivity index (χ2n) is 4.20. The van der Waals surface area contributed by atoms with Crippen LogP contribution < -0.4 is 10.6 Å². The Labute approximate surface area is 87.6 Å². The lowest BCUT2D eigenvalue weighted by molar-refractivity contribution is -0.0767. The second-order valence-corrected chi connectivity index (χ2v) is 4.20. The van der Waals surface area contributed by atoms with E-state index in [0.29, 0.717) is 0 Å². The summed E-state index contributed by atoms with van der Waals surface area (Å²) < 4.78 is 5.55. The van der Waals surface area contributed by atoms with Crippen LogP contribution in [0.15, 0.2) is 0 Å². The van der Waals surface area contributed by atoms with E-state index < -0.39 is 0 Å². The molecule has 0 aromatic rings. The number of ether oxygens (including phenoxy) is 1. The first-order chi connectivity index (χ1) is 6.83. The Kier molecular flexibility index (Phi) is 5.45. The first kappa shape index (κ1) is 12.0. The third kappa shape index (κ3) is 3.56. The quantitative estimate of drug-likeness (QED) is 0.577. The predicted molar refractivity (Wildman–Crippen MR) is 59.6 cm³/mol. The van der Waals surface area contributed by atoms with Gasteiger partial charge in [-0.25, -0.2) is 0 Å². The topological polar surface area (TPSA) is 33.3 Å². The third-order valence-corrected chi connectivity index (χ3v) is 3.24. The number of nitrogens with one attached hydrogen (secondary N) is 2. The number of hydrogen-bond donors (Lipinski definition) is 2. The summed E-state index contributed by atoms with van der Waals surface area (Å²) >= 11 is 0. The van der Waals surface area contributed by atoms with Crippen LogP contribution in [0.3, 0.4) is 0 Å². The highest BCUT2D eigenvalue weighted by Gasteiger charge is 2.35. The molecule has 0 unspecified atom stereocenters. The Balaban J connectivity index is 1.92. The minimum atomic E-state index is 0.232. The van der Waals surface area contributed by atoms with Crippen molar-refractivity contribution in [1.29, 1.82) is 0 Å². The van der Waals surface area contributed by atoms with Crippen molar-refractivity contribution in [2.75, 3.05) is 33.8 Å². The Hall–Kier alpha value is -0.120. The molecule has 0 saturated heterocycles. The molecule has 84 valence electrons. The van der Waals surface area contributed by atoms with E-state index >= 15 is 0 Å². The average Bonchev–Trinajstić information content (AvgIpc) is 2.15. The van der Waals surface area contributed by atoms with E-state index in [1.165, 1.54) is 32.1 Å². The molecule has 14 heavy (non-hydrogen) atoms. The van der Waals surface area contributed by atoms with Gasteiger partial charge in [-0.15, -0.1) is 0 Å². The van der Waals surface area contributed by atoms with Crippen molar-refractivity contribution in [2.24, 2.45) is 0 Å². The zero-order valence-electron chi connectivity index (χ0n) is 9.57. The lowest BCUT2D eigenvalue weighted by Crippen LogP contribution is -2.41. The first-order valence-corrected chi connectivity index (χ1v) is 5.73. The van der Waals surface area contributed by atoms with E-state index in [1.807, 2.05) is 14.2 Å². The van der Waals surface area contributed by atoms with Crippen molar-refractivity contribution in [3.63, 3.8) is 0 Å². The molecule has 0 bridgehead atoms. The fourth-order valence-corrected chi connectivity index (χ4v) is 1.96. The van der Waals surface area contributed by atoms with E-state index in [-0.39, 0.29) is 5.60 Å². The monoisotopic (exact) mass is 200 g/mol. The molecule has 0 heterocycles. The average molecular weight is 200 g/mol. The molecule has 0 aliphatic heterocycles. The molecule has 3 nitrogen and oxygen atoms in total. The summed E-state index contributed by atoms with van der Waals surface area (Å²) in [5.41, 5.74) is 0.232. The zero-order valence-corrected chi connectivity index (χ0v) is 9.57. The fourth-order valence-electron chi connectivity index (χ4n) is 1.96. The van der Waals surface area contributed by atoms with E-state index in [2.05, 4.69) is 10.6 Å². The van der Waals surface area contributed by atoms with Crippen molar-refractivity contribution in [1.82, 2.24) is 10.6 Å². The maximum Gasteiger partial charge on any atom is 0.0690 e. The van der Waals surface area contributed by atoms with Gasteiger partial charge in [0.15, 0.2) is 0 Å². The Bertz CT molecular complexity index is 141. The molecule has 3 heteroatoms. The maximum absolute atomic E-state index is 5.55. The van der Waals surface area contributed by atoms with Gasteiger partial charge < -0.3 is 15.4 Å². The molecule has 0 spiro atoms. The van der Waals surface area contributed by atoms with Crippen molar-refractivity contribution in [3.05, 3.63) is 0 Å². The highest BCUT2D eigenvalue weighted by atomic mass is 16.5. The van der Waals surface area contributed by atoms with Gasteiger partial charge in [0.1, 0.15) is 0 Å². The zero-order chi connectivity index (χ0) is 10.3. The molecule has 0 aromatic carbocycles. The van der Waals surface area contributed by atoms with Gasteiger partial charge in [-0.3, -0.25) is 0 Å². The Morgan fingerprint density at radius 2 is 2.00 bits per heavy atom. The summed E-state index contributed by atoms with van der Waals surface area (Å²) in [6.45, 7) is 3.31. The molecule has 0 amide bonds. The van der Waals surface area contributed by atoms with Crippen LogP contribution in [0, 0.1) is 0 Å². The minimum absolute atomic E-state index is 0.232. The third-order valence-electron chi connectivity index (χ3n) is 3.24. The molecular formula is C11H24N2O. The van der Waals surface area contributed by atoms with Crippen molar-refractivity contribution in [3.8, 4) is 0 Å². The van der Waals surface area contributed by atoms with Crippen LogP contribution >= 0.6 is 0 Å². The molecule has 1 rings (SSSR count). The number of hydrogen-bond acceptors (Lipinski definition) is 3. The molecule has 1 aliphatic carbocycles. The summed E-state index contributed by atoms with van der Waals surface area (Å²) in [6.07, 6.45) is 6.22. The van der Waals surface area contributed by atoms with E-state index in [4.69, 9.17) is 4.74 Å². The van der Waals surface area contributed by atoms with Gasteiger partial charge in [0.25, 0.3) is 0 Å². The van der Waals surface area contributed by atoms with Gasteiger partial charge in [-0.05, 0) is 58.8 Å². The predicted octanol–water partition coefficient (Wildman–Crippen LogP) is 1.14. The molecular weight excluding hydrogens is 176 g/mol. The van der Waals surface area contributed by atoms with E-state index in [1.54, 1.807) is 0 Å². The summed E-state index contributed by atoms with van der Waals surface area (Å²) in [5, 5.41) is 6.60. The van der Waals surface area contributed by atoms with Gasteiger partial charge >= 0.3 is 0 Å². The smallest absolute Gasteiger partial charge is 0.0690 e. The Morgan fingerprint density at radius 1 is 1.21 bits per heavy atom. The van der Waals surface area contributed by atoms with Crippen LogP contribution in [0.5, 0.6) is 0 Å². The van der Waals surface area contributed by atoms with Gasteiger partial charge in [-0.1, -0.05) is 0 Å². The van der Waals surface area contributed by atoms with Crippen molar-refractivity contribution < 1.29 is 4.74 Å². The highest BCUT2D eigenvalue weighted by molar-refractivity contribution is 4.89. The van der Waals surface area contributed by atoms with Crippen LogP contribution in [0.1, 0.15) is 32.1 Å².